The summed E-state index contributed by atoms with van der Waals surface area (Å²) in [6, 6.07) is -0.822. The van der Waals surface area contributed by atoms with E-state index in [2.05, 4.69) is 0 Å². The quantitative estimate of drug-likeness (QED) is 0.417. The van der Waals surface area contributed by atoms with E-state index >= 15 is 0 Å². The molecule has 0 bridgehead atoms. The molecule has 0 aromatic heterocycles. The molecule has 0 radical (unpaired) electrons. The largest absolute Gasteiger partial charge is 0.464 e. The lowest BCUT2D eigenvalue weighted by Crippen LogP contribution is -2.34. The summed E-state index contributed by atoms with van der Waals surface area (Å²) in [4.78, 5) is 22.2. The highest BCUT2D eigenvalue weighted by Gasteiger charge is 2.16. The predicted molar refractivity (Wildman–Crippen MR) is 57.2 cm³/mol. The van der Waals surface area contributed by atoms with Crippen LogP contribution in [0.25, 0.3) is 0 Å². The van der Waals surface area contributed by atoms with E-state index in [1.165, 1.54) is 0 Å². The summed E-state index contributed by atoms with van der Waals surface area (Å²) in [6.45, 7) is 0.823. The molecule has 0 amide bonds. The number of esters is 2. The maximum atomic E-state index is 11.2. The van der Waals surface area contributed by atoms with Gasteiger partial charge in [0.1, 0.15) is 19.3 Å². The van der Waals surface area contributed by atoms with Gasteiger partial charge in [0.2, 0.25) is 0 Å². The zero-order valence-corrected chi connectivity index (χ0v) is 9.19. The molecule has 0 aliphatic rings. The van der Waals surface area contributed by atoms with Crippen molar-refractivity contribution in [2.45, 2.75) is 18.9 Å². The zero-order valence-electron chi connectivity index (χ0n) is 9.19. The maximum absolute atomic E-state index is 11.2. The number of rotatable bonds is 8. The normalized spacial score (nSPS) is 11.9. The third-order valence-corrected chi connectivity index (χ3v) is 1.71. The predicted octanol–water partition coefficient (Wildman–Crippen LogP) is -1.90. The van der Waals surface area contributed by atoms with Gasteiger partial charge in [0.25, 0.3) is 0 Å². The van der Waals surface area contributed by atoms with Crippen LogP contribution in [0.1, 0.15) is 12.8 Å². The maximum Gasteiger partial charge on any atom is 0.322 e. The molecule has 0 aliphatic carbocycles. The average Bonchev–Trinajstić information content (AvgIpc) is 2.30. The first-order valence-electron chi connectivity index (χ1n) is 5.09. The van der Waals surface area contributed by atoms with Crippen LogP contribution in [0.15, 0.2) is 0 Å². The van der Waals surface area contributed by atoms with E-state index in [0.29, 0.717) is 0 Å². The minimum atomic E-state index is -0.822. The van der Waals surface area contributed by atoms with E-state index in [9.17, 15) is 9.59 Å². The fourth-order valence-electron chi connectivity index (χ4n) is 0.903. The molecular weight excluding hydrogens is 214 g/mol. The van der Waals surface area contributed by atoms with Crippen LogP contribution in [-0.2, 0) is 19.1 Å². The molecule has 1 unspecified atom stereocenters. The first-order valence-corrected chi connectivity index (χ1v) is 5.09. The summed E-state index contributed by atoms with van der Waals surface area (Å²) < 4.78 is 9.42. The fraction of sp³-hybridized carbons (Fsp3) is 0.778. The summed E-state index contributed by atoms with van der Waals surface area (Å²) in [5, 5.41) is 0. The van der Waals surface area contributed by atoms with E-state index in [1.807, 2.05) is 0 Å². The van der Waals surface area contributed by atoms with Gasteiger partial charge in [0, 0.05) is 19.5 Å². The smallest absolute Gasteiger partial charge is 0.322 e. The summed E-state index contributed by atoms with van der Waals surface area (Å²) in [6.07, 6.45) is 0.256. The Labute approximate surface area is 94.2 Å². The van der Waals surface area contributed by atoms with Gasteiger partial charge in [-0.3, -0.25) is 9.59 Å². The van der Waals surface area contributed by atoms with Gasteiger partial charge in [-0.05, 0) is 6.42 Å². The van der Waals surface area contributed by atoms with Crippen LogP contribution in [0.4, 0.5) is 0 Å². The number of hydrogen-bond acceptors (Lipinski definition) is 7. The van der Waals surface area contributed by atoms with Gasteiger partial charge in [0.05, 0.1) is 0 Å². The molecule has 0 rings (SSSR count). The molecule has 7 nitrogen and oxygen atoms in total. The average molecular weight is 233 g/mol. The van der Waals surface area contributed by atoms with E-state index in [4.69, 9.17) is 26.7 Å². The van der Waals surface area contributed by atoms with Crippen molar-refractivity contribution in [2.75, 3.05) is 26.3 Å². The molecule has 0 heterocycles. The lowest BCUT2D eigenvalue weighted by molar-refractivity contribution is -0.146. The highest BCUT2D eigenvalue weighted by Crippen LogP contribution is 1.99. The summed E-state index contributed by atoms with van der Waals surface area (Å²) in [5.74, 6) is -0.982. The first kappa shape index (κ1) is 14.8. The zero-order chi connectivity index (χ0) is 12.4. The number of ether oxygens (including phenoxy) is 2. The Balaban J connectivity index is 3.66. The van der Waals surface area contributed by atoms with E-state index < -0.39 is 18.0 Å². The lowest BCUT2D eigenvalue weighted by atomic mass is 10.2. The van der Waals surface area contributed by atoms with Crippen molar-refractivity contribution in [2.24, 2.45) is 17.2 Å². The Kier molecular flexibility index (Phi) is 8.41. The highest BCUT2D eigenvalue weighted by molar-refractivity contribution is 5.77. The summed E-state index contributed by atoms with van der Waals surface area (Å²) >= 11 is 0. The van der Waals surface area contributed by atoms with Crippen molar-refractivity contribution in [3.05, 3.63) is 0 Å². The van der Waals surface area contributed by atoms with Crippen molar-refractivity contribution in [1.82, 2.24) is 0 Å². The number of carbonyl (C=O) groups excluding carboxylic acids is 2. The fourth-order valence-corrected chi connectivity index (χ4v) is 0.903. The molecule has 0 saturated carbocycles. The van der Waals surface area contributed by atoms with Crippen LogP contribution < -0.4 is 17.2 Å². The lowest BCUT2D eigenvalue weighted by Gasteiger charge is -2.10. The van der Waals surface area contributed by atoms with Gasteiger partial charge in [0.15, 0.2) is 0 Å². The molecule has 7 heteroatoms. The Hall–Kier alpha value is -1.18. The van der Waals surface area contributed by atoms with Crippen molar-refractivity contribution in [3.63, 3.8) is 0 Å². The monoisotopic (exact) mass is 233 g/mol. The second-order valence-corrected chi connectivity index (χ2v) is 3.11. The van der Waals surface area contributed by atoms with E-state index in [-0.39, 0.29) is 39.1 Å². The van der Waals surface area contributed by atoms with Crippen LogP contribution in [0, 0.1) is 0 Å². The van der Waals surface area contributed by atoms with Crippen molar-refractivity contribution >= 4 is 11.9 Å². The first-order chi connectivity index (χ1) is 7.61. The molecule has 1 atom stereocenters. The van der Waals surface area contributed by atoms with Gasteiger partial charge >= 0.3 is 11.9 Å². The van der Waals surface area contributed by atoms with E-state index in [1.54, 1.807) is 0 Å². The third-order valence-electron chi connectivity index (χ3n) is 1.71. The molecule has 94 valence electrons. The summed E-state index contributed by atoms with van der Waals surface area (Å²) in [7, 11) is 0. The molecule has 6 N–H and O–H groups in total. The highest BCUT2D eigenvalue weighted by atomic mass is 16.5. The summed E-state index contributed by atoms with van der Waals surface area (Å²) in [5.41, 5.74) is 15.8. The minimum absolute atomic E-state index is 0.0683. The van der Waals surface area contributed by atoms with Gasteiger partial charge in [-0.15, -0.1) is 0 Å². The molecule has 0 aromatic carbocycles. The second kappa shape index (κ2) is 9.08. The van der Waals surface area contributed by atoms with Gasteiger partial charge in [-0.2, -0.15) is 0 Å². The third kappa shape index (κ3) is 7.16. The van der Waals surface area contributed by atoms with Crippen LogP contribution >= 0.6 is 0 Å². The Morgan fingerprint density at radius 3 is 2.19 bits per heavy atom. The van der Waals surface area contributed by atoms with Gasteiger partial charge < -0.3 is 26.7 Å². The van der Waals surface area contributed by atoms with E-state index in [0.717, 1.165) is 0 Å². The Bertz CT molecular complexity index is 223. The van der Waals surface area contributed by atoms with Crippen molar-refractivity contribution < 1.29 is 19.1 Å². The van der Waals surface area contributed by atoms with Crippen molar-refractivity contribution in [1.29, 1.82) is 0 Å². The second-order valence-electron chi connectivity index (χ2n) is 3.11. The van der Waals surface area contributed by atoms with Crippen LogP contribution in [0.5, 0.6) is 0 Å². The SMILES string of the molecule is NCCOC(=O)CCC(N)C(=O)OCCN. The van der Waals surface area contributed by atoms with Crippen LogP contribution in [0.3, 0.4) is 0 Å². The van der Waals surface area contributed by atoms with Crippen molar-refractivity contribution in [3.8, 4) is 0 Å². The molecular formula is C9H19N3O4. The van der Waals surface area contributed by atoms with Crippen LogP contribution in [0.2, 0.25) is 0 Å². The molecule has 16 heavy (non-hydrogen) atoms. The topological polar surface area (TPSA) is 131 Å². The molecule has 0 fully saturated rings. The number of carbonyl (C=O) groups is 2. The standard InChI is InChI=1S/C9H19N3O4/c10-3-5-15-8(13)2-1-7(12)9(14)16-6-4-11/h7H,1-6,10-12H2. The molecule has 0 aromatic rings. The van der Waals surface area contributed by atoms with Crippen LogP contribution in [-0.4, -0.2) is 44.3 Å². The minimum Gasteiger partial charge on any atom is -0.464 e. The Morgan fingerprint density at radius 1 is 1.06 bits per heavy atom. The molecule has 0 spiro atoms. The molecule has 0 aliphatic heterocycles. The number of hydrogen-bond donors (Lipinski definition) is 3. The van der Waals surface area contributed by atoms with Gasteiger partial charge in [-0.1, -0.05) is 0 Å². The number of nitrogens with two attached hydrogens (primary N) is 3. The van der Waals surface area contributed by atoms with Gasteiger partial charge in [-0.25, -0.2) is 0 Å². The molecule has 0 saturated heterocycles. The Morgan fingerprint density at radius 2 is 1.62 bits per heavy atom.